The standard InChI is InChI=1S/C21H19BrN2O4S/c1-2-14-6-8-17(9-7-14)27-12-20(26)28-11-19(25)24-21-23-18(13-29-21)15-4-3-5-16(22)10-15/h3-10,13H,2,11-12H2,1H3,(H,23,24,25). The fraction of sp³-hybridized carbons (Fsp3) is 0.190. The van der Waals surface area contributed by atoms with Crippen molar-refractivity contribution in [1.29, 1.82) is 0 Å². The first-order valence-corrected chi connectivity index (χ1v) is 10.6. The van der Waals surface area contributed by atoms with Crippen LogP contribution in [0.1, 0.15) is 12.5 Å². The lowest BCUT2D eigenvalue weighted by Gasteiger charge is -2.07. The fourth-order valence-corrected chi connectivity index (χ4v) is 3.55. The number of thiazole rings is 1. The molecule has 1 heterocycles. The number of rotatable bonds is 8. The number of hydrogen-bond donors (Lipinski definition) is 1. The molecule has 3 aromatic rings. The summed E-state index contributed by atoms with van der Waals surface area (Å²) >= 11 is 4.72. The third kappa shape index (κ3) is 6.40. The van der Waals surface area contributed by atoms with Gasteiger partial charge in [-0.1, -0.05) is 47.1 Å². The quantitative estimate of drug-likeness (QED) is 0.478. The molecule has 0 aliphatic carbocycles. The van der Waals surface area contributed by atoms with E-state index in [1.54, 1.807) is 12.1 Å². The van der Waals surface area contributed by atoms with Crippen molar-refractivity contribution in [2.75, 3.05) is 18.5 Å². The fourth-order valence-electron chi connectivity index (χ4n) is 2.42. The van der Waals surface area contributed by atoms with E-state index in [-0.39, 0.29) is 6.61 Å². The molecule has 0 aliphatic rings. The molecule has 0 saturated carbocycles. The smallest absolute Gasteiger partial charge is 0.344 e. The van der Waals surface area contributed by atoms with E-state index in [1.165, 1.54) is 16.9 Å². The molecule has 2 aromatic carbocycles. The summed E-state index contributed by atoms with van der Waals surface area (Å²) in [5.74, 6) is -0.499. The lowest BCUT2D eigenvalue weighted by atomic mass is 10.2. The van der Waals surface area contributed by atoms with Crippen LogP contribution in [0.25, 0.3) is 11.3 Å². The lowest BCUT2D eigenvalue weighted by Crippen LogP contribution is -2.23. The second-order valence-electron chi connectivity index (χ2n) is 6.04. The second-order valence-corrected chi connectivity index (χ2v) is 7.82. The van der Waals surface area contributed by atoms with Crippen molar-refractivity contribution < 1.29 is 19.1 Å². The molecule has 1 amide bonds. The maximum atomic E-state index is 12.0. The molecule has 0 unspecified atom stereocenters. The first-order chi connectivity index (χ1) is 14.0. The summed E-state index contributed by atoms with van der Waals surface area (Å²) in [7, 11) is 0. The van der Waals surface area contributed by atoms with E-state index in [0.29, 0.717) is 10.9 Å². The zero-order valence-electron chi connectivity index (χ0n) is 15.7. The summed E-state index contributed by atoms with van der Waals surface area (Å²) in [5.41, 5.74) is 2.87. The van der Waals surface area contributed by atoms with Gasteiger partial charge >= 0.3 is 5.97 Å². The van der Waals surface area contributed by atoms with Crippen LogP contribution in [0, 0.1) is 0 Å². The third-order valence-electron chi connectivity index (χ3n) is 3.92. The highest BCUT2D eigenvalue weighted by atomic mass is 79.9. The number of nitrogens with one attached hydrogen (secondary N) is 1. The number of halogens is 1. The van der Waals surface area contributed by atoms with E-state index in [9.17, 15) is 9.59 Å². The molecule has 1 N–H and O–H groups in total. The number of hydrogen-bond acceptors (Lipinski definition) is 6. The van der Waals surface area contributed by atoms with Crippen molar-refractivity contribution in [3.63, 3.8) is 0 Å². The maximum Gasteiger partial charge on any atom is 0.344 e. The molecule has 0 radical (unpaired) electrons. The highest BCUT2D eigenvalue weighted by Crippen LogP contribution is 2.26. The normalized spacial score (nSPS) is 10.4. The summed E-state index contributed by atoms with van der Waals surface area (Å²) in [6, 6.07) is 15.2. The van der Waals surface area contributed by atoms with Crippen LogP contribution < -0.4 is 10.1 Å². The molecule has 1 aromatic heterocycles. The van der Waals surface area contributed by atoms with Crippen LogP contribution in [0.5, 0.6) is 5.75 Å². The maximum absolute atomic E-state index is 12.0. The molecule has 0 atom stereocenters. The molecule has 0 aliphatic heterocycles. The summed E-state index contributed by atoms with van der Waals surface area (Å²) in [6.45, 7) is 1.40. The Kier molecular flexibility index (Phi) is 7.37. The Labute approximate surface area is 181 Å². The highest BCUT2D eigenvalue weighted by Gasteiger charge is 2.11. The molecule has 150 valence electrons. The molecule has 3 rings (SSSR count). The van der Waals surface area contributed by atoms with Crippen molar-refractivity contribution in [3.05, 3.63) is 63.9 Å². The van der Waals surface area contributed by atoms with Gasteiger partial charge in [0.05, 0.1) is 5.69 Å². The van der Waals surface area contributed by atoms with Gasteiger partial charge in [0.1, 0.15) is 5.75 Å². The average molecular weight is 475 g/mol. The minimum atomic E-state index is -0.617. The van der Waals surface area contributed by atoms with E-state index >= 15 is 0 Å². The number of esters is 1. The Morgan fingerprint density at radius 3 is 2.66 bits per heavy atom. The molecule has 0 fully saturated rings. The number of aryl methyl sites for hydroxylation is 1. The van der Waals surface area contributed by atoms with Crippen molar-refractivity contribution in [2.45, 2.75) is 13.3 Å². The molecule has 6 nitrogen and oxygen atoms in total. The summed E-state index contributed by atoms with van der Waals surface area (Å²) in [6.07, 6.45) is 0.931. The number of benzene rings is 2. The Hall–Kier alpha value is -2.71. The molecular formula is C21H19BrN2O4S. The minimum absolute atomic E-state index is 0.261. The van der Waals surface area contributed by atoms with Crippen LogP contribution in [0.2, 0.25) is 0 Å². The Bertz CT molecular complexity index is 988. The number of aromatic nitrogens is 1. The van der Waals surface area contributed by atoms with Gasteiger partial charge in [0, 0.05) is 15.4 Å². The molecule has 8 heteroatoms. The van der Waals surface area contributed by atoms with Crippen molar-refractivity contribution in [3.8, 4) is 17.0 Å². The molecule has 29 heavy (non-hydrogen) atoms. The van der Waals surface area contributed by atoms with Gasteiger partial charge in [0.15, 0.2) is 18.3 Å². The number of amides is 1. The number of carbonyl (C=O) groups excluding carboxylic acids is 2. The van der Waals surface area contributed by atoms with Crippen LogP contribution in [-0.4, -0.2) is 30.1 Å². The van der Waals surface area contributed by atoms with Gasteiger partial charge < -0.3 is 9.47 Å². The number of ether oxygens (including phenoxy) is 2. The van der Waals surface area contributed by atoms with E-state index in [2.05, 4.69) is 33.2 Å². The monoisotopic (exact) mass is 474 g/mol. The minimum Gasteiger partial charge on any atom is -0.482 e. The zero-order chi connectivity index (χ0) is 20.6. The zero-order valence-corrected chi connectivity index (χ0v) is 18.1. The Balaban J connectivity index is 1.43. The first kappa shape index (κ1) is 21.0. The molecular weight excluding hydrogens is 456 g/mol. The van der Waals surface area contributed by atoms with Crippen LogP contribution in [0.15, 0.2) is 58.4 Å². The summed E-state index contributed by atoms with van der Waals surface area (Å²) in [5, 5.41) is 4.91. The van der Waals surface area contributed by atoms with Crippen LogP contribution >= 0.6 is 27.3 Å². The Morgan fingerprint density at radius 2 is 1.93 bits per heavy atom. The summed E-state index contributed by atoms with van der Waals surface area (Å²) in [4.78, 5) is 28.1. The highest BCUT2D eigenvalue weighted by molar-refractivity contribution is 9.10. The van der Waals surface area contributed by atoms with Crippen LogP contribution in [0.3, 0.4) is 0 Å². The number of carbonyl (C=O) groups is 2. The van der Waals surface area contributed by atoms with Gasteiger partial charge in [-0.3, -0.25) is 10.1 Å². The van der Waals surface area contributed by atoms with Gasteiger partial charge in [0.25, 0.3) is 5.91 Å². The van der Waals surface area contributed by atoms with Crippen LogP contribution in [-0.2, 0) is 20.7 Å². The lowest BCUT2D eigenvalue weighted by molar-refractivity contribution is -0.149. The molecule has 0 spiro atoms. The molecule has 0 saturated heterocycles. The van der Waals surface area contributed by atoms with E-state index in [0.717, 1.165) is 22.2 Å². The number of anilines is 1. The Morgan fingerprint density at radius 1 is 1.14 bits per heavy atom. The summed E-state index contributed by atoms with van der Waals surface area (Å²) < 4.78 is 11.3. The predicted octanol–water partition coefficient (Wildman–Crippen LogP) is 4.70. The van der Waals surface area contributed by atoms with Crippen molar-refractivity contribution >= 4 is 44.3 Å². The number of nitrogens with zero attached hydrogens (tertiary/aromatic N) is 1. The van der Waals surface area contributed by atoms with Gasteiger partial charge in [0.2, 0.25) is 0 Å². The topological polar surface area (TPSA) is 77.5 Å². The second kappa shape index (κ2) is 10.2. The van der Waals surface area contributed by atoms with Crippen molar-refractivity contribution in [1.82, 2.24) is 4.98 Å². The van der Waals surface area contributed by atoms with Gasteiger partial charge in [-0.05, 0) is 36.2 Å². The van der Waals surface area contributed by atoms with E-state index in [4.69, 9.17) is 9.47 Å². The van der Waals surface area contributed by atoms with Crippen LogP contribution in [0.4, 0.5) is 5.13 Å². The van der Waals surface area contributed by atoms with E-state index < -0.39 is 18.5 Å². The van der Waals surface area contributed by atoms with E-state index in [1.807, 2.05) is 41.8 Å². The molecule has 0 bridgehead atoms. The first-order valence-electron chi connectivity index (χ1n) is 8.92. The van der Waals surface area contributed by atoms with Gasteiger partial charge in [-0.2, -0.15) is 0 Å². The SMILES string of the molecule is CCc1ccc(OCC(=O)OCC(=O)Nc2nc(-c3cccc(Br)c3)cs2)cc1. The van der Waals surface area contributed by atoms with Gasteiger partial charge in [-0.25, -0.2) is 9.78 Å². The van der Waals surface area contributed by atoms with Crippen molar-refractivity contribution in [2.24, 2.45) is 0 Å². The largest absolute Gasteiger partial charge is 0.482 e. The van der Waals surface area contributed by atoms with Gasteiger partial charge in [-0.15, -0.1) is 11.3 Å². The predicted molar refractivity (Wildman–Crippen MR) is 116 cm³/mol. The third-order valence-corrected chi connectivity index (χ3v) is 5.17. The average Bonchev–Trinajstić information content (AvgIpc) is 3.19.